The summed E-state index contributed by atoms with van der Waals surface area (Å²) in [6.45, 7) is 4.00. The van der Waals surface area contributed by atoms with Crippen LogP contribution in [-0.4, -0.2) is 18.9 Å². The summed E-state index contributed by atoms with van der Waals surface area (Å²) in [7, 11) is 9.87. The first-order valence-electron chi connectivity index (χ1n) is 1.38. The summed E-state index contributed by atoms with van der Waals surface area (Å²) in [4.78, 5) is 0. The molecule has 0 bridgehead atoms. The molecule has 0 saturated heterocycles. The summed E-state index contributed by atoms with van der Waals surface area (Å²) >= 11 is -0.826. The number of rotatable bonds is 0. The summed E-state index contributed by atoms with van der Waals surface area (Å²) in [5.41, 5.74) is 0. The van der Waals surface area contributed by atoms with Crippen molar-refractivity contribution in [2.24, 2.45) is 0 Å². The second kappa shape index (κ2) is 18.2. The summed E-state index contributed by atoms with van der Waals surface area (Å²) in [6.07, 6.45) is 0. The van der Waals surface area contributed by atoms with Crippen LogP contribution in [0.3, 0.4) is 0 Å². The summed E-state index contributed by atoms with van der Waals surface area (Å²) in [5, 5.41) is 0. The van der Waals surface area contributed by atoms with Gasteiger partial charge >= 0.3 is 36.7 Å². The monoisotopic (exact) mass is 220 g/mol. The normalized spacial score (nSPS) is 4.80. The summed E-state index contributed by atoms with van der Waals surface area (Å²) in [6, 6.07) is 0. The first-order chi connectivity index (χ1) is 2.41. The number of halogens is 2. The molecule has 2 radical (unpaired) electrons. The predicted molar refractivity (Wildman–Crippen MR) is 28.8 cm³/mol. The SMILES string of the molecule is CC.[Cl][Sn][Cl]. The van der Waals surface area contributed by atoms with Crippen LogP contribution in [0.2, 0.25) is 0 Å². The van der Waals surface area contributed by atoms with Crippen molar-refractivity contribution < 1.29 is 0 Å². The topological polar surface area (TPSA) is 0 Å². The van der Waals surface area contributed by atoms with E-state index in [0.717, 1.165) is 0 Å². The van der Waals surface area contributed by atoms with Gasteiger partial charge in [0.25, 0.3) is 0 Å². The maximum atomic E-state index is 4.93. The van der Waals surface area contributed by atoms with Crippen molar-refractivity contribution in [3.63, 3.8) is 0 Å². The standard InChI is InChI=1S/C2H6.2ClH.Sn/c1-2;;;/h1-2H3;2*1H;/q;;;+2/p-2. The average Bonchev–Trinajstić information content (AvgIpc) is 1.46. The molecule has 0 aliphatic heterocycles. The van der Waals surface area contributed by atoms with E-state index in [0.29, 0.717) is 0 Å². The number of hydrogen-bond donors (Lipinski definition) is 0. The third-order valence-corrected chi connectivity index (χ3v) is 0. The third kappa shape index (κ3) is 32.3. The first-order valence-corrected chi connectivity index (χ1v) is 8.61. The molecule has 0 saturated carbocycles. The van der Waals surface area contributed by atoms with E-state index in [2.05, 4.69) is 0 Å². The molecule has 0 aliphatic carbocycles. The van der Waals surface area contributed by atoms with Crippen LogP contribution in [0.1, 0.15) is 13.8 Å². The zero-order valence-corrected chi connectivity index (χ0v) is 7.62. The molecular weight excluding hydrogens is 214 g/mol. The van der Waals surface area contributed by atoms with Crippen LogP contribution in [-0.2, 0) is 0 Å². The molecule has 0 nitrogen and oxygen atoms in total. The molecule has 0 N–H and O–H groups in total. The molecule has 3 heteroatoms. The maximum absolute atomic E-state index is 4.93. The van der Waals surface area contributed by atoms with Gasteiger partial charge in [-0.2, -0.15) is 0 Å². The Kier molecular flexibility index (Phi) is 35.1. The Morgan fingerprint density at radius 2 is 1.20 bits per heavy atom. The van der Waals surface area contributed by atoms with Gasteiger partial charge in [0.1, 0.15) is 0 Å². The van der Waals surface area contributed by atoms with Crippen molar-refractivity contribution in [3.05, 3.63) is 0 Å². The molecule has 0 aromatic heterocycles. The van der Waals surface area contributed by atoms with E-state index >= 15 is 0 Å². The Labute approximate surface area is 50.5 Å². The summed E-state index contributed by atoms with van der Waals surface area (Å²) < 4.78 is 0. The second-order valence-electron chi connectivity index (χ2n) is 0.0714. The van der Waals surface area contributed by atoms with Gasteiger partial charge in [-0.15, -0.1) is 0 Å². The fraction of sp³-hybridized carbons (Fsp3) is 1.00. The molecule has 0 atom stereocenters. The van der Waals surface area contributed by atoms with Gasteiger partial charge in [0, 0.05) is 0 Å². The Morgan fingerprint density at radius 3 is 1.20 bits per heavy atom. The van der Waals surface area contributed by atoms with Crippen molar-refractivity contribution in [1.82, 2.24) is 0 Å². The fourth-order valence-electron chi connectivity index (χ4n) is 0. The van der Waals surface area contributed by atoms with E-state index in [1.54, 1.807) is 0 Å². The van der Waals surface area contributed by atoms with E-state index in [4.69, 9.17) is 17.8 Å². The molecule has 0 fully saturated rings. The van der Waals surface area contributed by atoms with Gasteiger partial charge in [-0.1, -0.05) is 13.8 Å². The first kappa shape index (κ1) is 9.62. The minimum atomic E-state index is -0.826. The summed E-state index contributed by atoms with van der Waals surface area (Å²) in [5.74, 6) is 0. The Balaban J connectivity index is 0. The van der Waals surface area contributed by atoms with Gasteiger partial charge in [0.2, 0.25) is 0 Å². The zero-order chi connectivity index (χ0) is 4.71. The molecule has 0 aliphatic rings. The van der Waals surface area contributed by atoms with Crippen molar-refractivity contribution in [1.29, 1.82) is 0 Å². The predicted octanol–water partition coefficient (Wildman–Crippen LogP) is 2.02. The van der Waals surface area contributed by atoms with Crippen LogP contribution >= 0.6 is 17.8 Å². The van der Waals surface area contributed by atoms with Gasteiger partial charge in [-0.05, 0) is 0 Å². The van der Waals surface area contributed by atoms with Gasteiger partial charge in [-0.25, -0.2) is 0 Å². The molecule has 0 amide bonds. The molecule has 0 unspecified atom stereocenters. The Hall–Kier alpha value is 1.38. The van der Waals surface area contributed by atoms with E-state index in [1.807, 2.05) is 13.8 Å². The van der Waals surface area contributed by atoms with Crippen LogP contribution in [0.4, 0.5) is 0 Å². The Morgan fingerprint density at radius 1 is 1.20 bits per heavy atom. The van der Waals surface area contributed by atoms with E-state index in [-0.39, 0.29) is 0 Å². The molecule has 0 aromatic rings. The van der Waals surface area contributed by atoms with Crippen molar-refractivity contribution in [3.8, 4) is 0 Å². The second-order valence-corrected chi connectivity index (χ2v) is 4.31. The quantitative estimate of drug-likeness (QED) is 0.547. The van der Waals surface area contributed by atoms with Crippen molar-refractivity contribution >= 4 is 36.7 Å². The molecule has 5 heavy (non-hydrogen) atoms. The minimum absolute atomic E-state index is 0.826. The number of hydrogen-bond acceptors (Lipinski definition) is 0. The third-order valence-electron chi connectivity index (χ3n) is 0. The van der Waals surface area contributed by atoms with Crippen LogP contribution in [0.5, 0.6) is 0 Å². The van der Waals surface area contributed by atoms with E-state index < -0.39 is 18.9 Å². The van der Waals surface area contributed by atoms with Crippen LogP contribution in [0.15, 0.2) is 0 Å². The average molecular weight is 220 g/mol. The fourth-order valence-corrected chi connectivity index (χ4v) is 0. The van der Waals surface area contributed by atoms with Crippen LogP contribution < -0.4 is 0 Å². The van der Waals surface area contributed by atoms with E-state index in [1.165, 1.54) is 0 Å². The van der Waals surface area contributed by atoms with Gasteiger partial charge in [-0.3, -0.25) is 0 Å². The molecule has 32 valence electrons. The van der Waals surface area contributed by atoms with Crippen LogP contribution in [0.25, 0.3) is 0 Å². The molecule has 0 rings (SSSR count). The Bertz CT molecular complexity index is 7.61. The molecule has 0 spiro atoms. The molecule has 0 aromatic carbocycles. The zero-order valence-electron chi connectivity index (χ0n) is 3.26. The van der Waals surface area contributed by atoms with Gasteiger partial charge < -0.3 is 0 Å². The molecular formula is C2H6Cl2Sn. The van der Waals surface area contributed by atoms with Crippen LogP contribution in [0, 0.1) is 0 Å². The van der Waals surface area contributed by atoms with Crippen molar-refractivity contribution in [2.75, 3.05) is 0 Å². The van der Waals surface area contributed by atoms with Gasteiger partial charge in [0.05, 0.1) is 0 Å². The van der Waals surface area contributed by atoms with Crippen molar-refractivity contribution in [2.45, 2.75) is 13.8 Å². The molecule has 0 heterocycles. The van der Waals surface area contributed by atoms with E-state index in [9.17, 15) is 0 Å². The van der Waals surface area contributed by atoms with Gasteiger partial charge in [0.15, 0.2) is 0 Å².